The van der Waals surface area contributed by atoms with Gasteiger partial charge in [0.15, 0.2) is 0 Å². The van der Waals surface area contributed by atoms with Gasteiger partial charge in [0, 0.05) is 19.1 Å². The van der Waals surface area contributed by atoms with Crippen LogP contribution in [0.2, 0.25) is 0 Å². The fourth-order valence-corrected chi connectivity index (χ4v) is 1.25. The van der Waals surface area contributed by atoms with Crippen molar-refractivity contribution in [3.05, 3.63) is 0 Å². The van der Waals surface area contributed by atoms with Crippen molar-refractivity contribution in [2.45, 2.75) is 19.9 Å². The second-order valence-electron chi connectivity index (χ2n) is 3.15. The highest BCUT2D eigenvalue weighted by Gasteiger charge is 2.23. The summed E-state index contributed by atoms with van der Waals surface area (Å²) in [7, 11) is 0. The molecule has 4 heteroatoms. The molecule has 0 bridgehead atoms. The van der Waals surface area contributed by atoms with Crippen LogP contribution in [0.4, 0.5) is 0 Å². The van der Waals surface area contributed by atoms with E-state index in [2.05, 4.69) is 0 Å². The molecule has 0 aromatic rings. The summed E-state index contributed by atoms with van der Waals surface area (Å²) in [5.74, 6) is 5.61. The summed E-state index contributed by atoms with van der Waals surface area (Å²) < 4.78 is 0. The van der Waals surface area contributed by atoms with Gasteiger partial charge in [-0.2, -0.15) is 0 Å². The highest BCUT2D eigenvalue weighted by atomic mass is 16.2. The first-order chi connectivity index (χ1) is 5.11. The fourth-order valence-electron chi connectivity index (χ4n) is 1.25. The third kappa shape index (κ3) is 1.91. The SMILES string of the molecule is CC(C)N1CCN(N)CC1=O. The normalized spacial score (nSPS) is 21.5. The van der Waals surface area contributed by atoms with Crippen molar-refractivity contribution in [2.75, 3.05) is 19.6 Å². The summed E-state index contributed by atoms with van der Waals surface area (Å²) in [5, 5.41) is 1.56. The molecular weight excluding hydrogens is 142 g/mol. The van der Waals surface area contributed by atoms with E-state index in [9.17, 15) is 4.79 Å². The Labute approximate surface area is 66.9 Å². The lowest BCUT2D eigenvalue weighted by atomic mass is 10.2. The lowest BCUT2D eigenvalue weighted by Gasteiger charge is -2.34. The molecule has 4 nitrogen and oxygen atoms in total. The summed E-state index contributed by atoms with van der Waals surface area (Å²) in [6, 6.07) is 0.302. The second kappa shape index (κ2) is 3.19. The van der Waals surface area contributed by atoms with Gasteiger partial charge >= 0.3 is 0 Å². The minimum Gasteiger partial charge on any atom is -0.338 e. The highest BCUT2D eigenvalue weighted by molar-refractivity contribution is 5.79. The Hall–Kier alpha value is -0.610. The second-order valence-corrected chi connectivity index (χ2v) is 3.15. The number of carbonyl (C=O) groups excluding carboxylic acids is 1. The average molecular weight is 157 g/mol. The highest BCUT2D eigenvalue weighted by Crippen LogP contribution is 2.03. The van der Waals surface area contributed by atoms with Crippen molar-refractivity contribution in [3.63, 3.8) is 0 Å². The van der Waals surface area contributed by atoms with Crippen molar-refractivity contribution in [3.8, 4) is 0 Å². The standard InChI is InChI=1S/C7H15N3O/c1-6(2)10-4-3-9(8)5-7(10)11/h6H,3-5,8H2,1-2H3. The monoisotopic (exact) mass is 157 g/mol. The molecule has 2 N–H and O–H groups in total. The first kappa shape index (κ1) is 8.49. The molecule has 0 aromatic heterocycles. The van der Waals surface area contributed by atoms with Crippen LogP contribution in [0.3, 0.4) is 0 Å². The Bertz CT molecular complexity index is 158. The Morgan fingerprint density at radius 1 is 1.45 bits per heavy atom. The molecule has 0 spiro atoms. The Morgan fingerprint density at radius 2 is 2.09 bits per heavy atom. The molecule has 11 heavy (non-hydrogen) atoms. The smallest absolute Gasteiger partial charge is 0.238 e. The van der Waals surface area contributed by atoms with Crippen LogP contribution in [0.25, 0.3) is 0 Å². The van der Waals surface area contributed by atoms with Gasteiger partial charge in [-0.1, -0.05) is 0 Å². The van der Waals surface area contributed by atoms with Crippen LogP contribution in [-0.4, -0.2) is 41.5 Å². The lowest BCUT2D eigenvalue weighted by molar-refractivity contribution is -0.137. The summed E-state index contributed by atoms with van der Waals surface area (Å²) in [5.41, 5.74) is 0. The van der Waals surface area contributed by atoms with Crippen molar-refractivity contribution in [2.24, 2.45) is 5.84 Å². The van der Waals surface area contributed by atoms with Gasteiger partial charge in [-0.25, -0.2) is 5.01 Å². The molecule has 0 saturated carbocycles. The Kier molecular flexibility index (Phi) is 2.46. The zero-order valence-corrected chi connectivity index (χ0v) is 7.08. The molecule has 1 aliphatic heterocycles. The van der Waals surface area contributed by atoms with E-state index in [0.717, 1.165) is 13.1 Å². The number of carbonyl (C=O) groups is 1. The maximum atomic E-state index is 11.3. The van der Waals surface area contributed by atoms with E-state index in [-0.39, 0.29) is 5.91 Å². The third-order valence-electron chi connectivity index (χ3n) is 1.91. The summed E-state index contributed by atoms with van der Waals surface area (Å²) in [6.45, 7) is 5.93. The van der Waals surface area contributed by atoms with E-state index < -0.39 is 0 Å². The molecule has 0 aromatic carbocycles. The molecule has 0 radical (unpaired) electrons. The predicted octanol–water partition coefficient (Wildman–Crippen LogP) is -0.587. The minimum absolute atomic E-state index is 0.133. The summed E-state index contributed by atoms with van der Waals surface area (Å²) in [4.78, 5) is 13.1. The number of amides is 1. The average Bonchev–Trinajstić information content (AvgIpc) is 1.85. The van der Waals surface area contributed by atoms with Crippen LogP contribution in [0.5, 0.6) is 0 Å². The van der Waals surface area contributed by atoms with E-state index in [4.69, 9.17) is 5.84 Å². The van der Waals surface area contributed by atoms with Gasteiger partial charge in [0.25, 0.3) is 0 Å². The molecule has 1 rings (SSSR count). The van der Waals surface area contributed by atoms with Crippen LogP contribution in [-0.2, 0) is 4.79 Å². The van der Waals surface area contributed by atoms with Gasteiger partial charge < -0.3 is 4.90 Å². The number of hydrazine groups is 1. The van der Waals surface area contributed by atoms with E-state index in [1.807, 2.05) is 18.7 Å². The topological polar surface area (TPSA) is 49.6 Å². The molecule has 1 amide bonds. The number of rotatable bonds is 1. The van der Waals surface area contributed by atoms with E-state index in [1.165, 1.54) is 0 Å². The van der Waals surface area contributed by atoms with Crippen LogP contribution >= 0.6 is 0 Å². The zero-order valence-electron chi connectivity index (χ0n) is 7.08. The Morgan fingerprint density at radius 3 is 2.55 bits per heavy atom. The number of hydrogen-bond donors (Lipinski definition) is 1. The molecule has 1 fully saturated rings. The molecule has 0 unspecified atom stereocenters. The third-order valence-corrected chi connectivity index (χ3v) is 1.91. The minimum atomic E-state index is 0.133. The molecule has 0 aliphatic carbocycles. The summed E-state index contributed by atoms with van der Waals surface area (Å²) in [6.07, 6.45) is 0. The first-order valence-corrected chi connectivity index (χ1v) is 3.90. The number of nitrogens with two attached hydrogens (primary N) is 1. The van der Waals surface area contributed by atoms with E-state index in [1.54, 1.807) is 5.01 Å². The number of hydrogen-bond acceptors (Lipinski definition) is 3. The lowest BCUT2D eigenvalue weighted by Crippen LogP contribution is -2.54. The quantitative estimate of drug-likeness (QED) is 0.518. The number of piperazine rings is 1. The molecule has 1 heterocycles. The van der Waals surface area contributed by atoms with Gasteiger partial charge in [-0.15, -0.1) is 0 Å². The number of nitrogens with zero attached hydrogens (tertiary/aromatic N) is 2. The van der Waals surface area contributed by atoms with Crippen LogP contribution in [0.15, 0.2) is 0 Å². The molecule has 64 valence electrons. The molecule has 1 saturated heterocycles. The largest absolute Gasteiger partial charge is 0.338 e. The van der Waals surface area contributed by atoms with Gasteiger partial charge in [0.05, 0.1) is 6.54 Å². The van der Waals surface area contributed by atoms with Crippen LogP contribution < -0.4 is 5.84 Å². The van der Waals surface area contributed by atoms with Crippen molar-refractivity contribution < 1.29 is 4.79 Å². The maximum Gasteiger partial charge on any atom is 0.238 e. The molecular formula is C7H15N3O. The van der Waals surface area contributed by atoms with Crippen LogP contribution in [0.1, 0.15) is 13.8 Å². The zero-order chi connectivity index (χ0) is 8.43. The van der Waals surface area contributed by atoms with Gasteiger partial charge in [-0.3, -0.25) is 10.6 Å². The van der Waals surface area contributed by atoms with Crippen molar-refractivity contribution in [1.82, 2.24) is 9.91 Å². The van der Waals surface area contributed by atoms with Crippen LogP contribution in [0, 0.1) is 0 Å². The van der Waals surface area contributed by atoms with Crippen molar-refractivity contribution in [1.29, 1.82) is 0 Å². The fraction of sp³-hybridized carbons (Fsp3) is 0.857. The van der Waals surface area contributed by atoms with E-state index >= 15 is 0 Å². The summed E-state index contributed by atoms with van der Waals surface area (Å²) >= 11 is 0. The van der Waals surface area contributed by atoms with Gasteiger partial charge in [0.2, 0.25) is 5.91 Å². The molecule has 1 aliphatic rings. The molecule has 0 atom stereocenters. The van der Waals surface area contributed by atoms with Crippen molar-refractivity contribution >= 4 is 5.91 Å². The maximum absolute atomic E-state index is 11.3. The Balaban J connectivity index is 2.51. The van der Waals surface area contributed by atoms with Gasteiger partial charge in [-0.05, 0) is 13.8 Å². The van der Waals surface area contributed by atoms with E-state index in [0.29, 0.717) is 12.6 Å². The first-order valence-electron chi connectivity index (χ1n) is 3.90. The predicted molar refractivity (Wildman–Crippen MR) is 42.6 cm³/mol. The van der Waals surface area contributed by atoms with Gasteiger partial charge in [0.1, 0.15) is 0 Å².